The Labute approximate surface area is 174 Å². The number of nitrogens with one attached hydrogen (secondary N) is 1. The summed E-state index contributed by atoms with van der Waals surface area (Å²) in [6.45, 7) is 4.24. The van der Waals surface area contributed by atoms with Gasteiger partial charge >= 0.3 is 0 Å². The maximum atomic E-state index is 4.78. The predicted molar refractivity (Wildman–Crippen MR) is 117 cm³/mol. The summed E-state index contributed by atoms with van der Waals surface area (Å²) in [6.07, 6.45) is 3.86. The van der Waals surface area contributed by atoms with Gasteiger partial charge in [0.15, 0.2) is 0 Å². The lowest BCUT2D eigenvalue weighted by molar-refractivity contribution is 0.881. The number of imidazole rings is 1. The quantitative estimate of drug-likeness (QED) is 0.471. The lowest BCUT2D eigenvalue weighted by Gasteiger charge is -2.11. The molecule has 6 nitrogen and oxygen atoms in total. The van der Waals surface area contributed by atoms with Gasteiger partial charge in [0, 0.05) is 23.9 Å². The molecule has 1 N–H and O–H groups in total. The topological polar surface area (TPSA) is 71.8 Å². The summed E-state index contributed by atoms with van der Waals surface area (Å²) >= 11 is 0. The highest BCUT2D eigenvalue weighted by Crippen LogP contribution is 2.31. The minimum Gasteiger partial charge on any atom is -0.303 e. The number of aryl methyl sites for hydroxylation is 2. The minimum atomic E-state index is 0.598. The zero-order chi connectivity index (χ0) is 20.5. The number of hydrogen-bond acceptors (Lipinski definition) is 4. The van der Waals surface area contributed by atoms with Crippen LogP contribution in [0.2, 0.25) is 0 Å². The maximum Gasteiger partial charge on any atom is 0.205 e. The smallest absolute Gasteiger partial charge is 0.205 e. The number of benzene rings is 2. The van der Waals surface area contributed by atoms with Crippen molar-refractivity contribution in [1.82, 2.24) is 30.0 Å². The average molecular weight is 394 g/mol. The van der Waals surface area contributed by atoms with Gasteiger partial charge in [0.1, 0.15) is 5.65 Å². The first-order valence-corrected chi connectivity index (χ1v) is 10.1. The summed E-state index contributed by atoms with van der Waals surface area (Å²) in [5.41, 5.74) is 8.90. The Balaban J connectivity index is 1.60. The molecule has 2 aromatic carbocycles. The van der Waals surface area contributed by atoms with Crippen LogP contribution < -0.4 is 0 Å². The molecule has 0 saturated heterocycles. The number of hydrogen-bond donors (Lipinski definition) is 1. The highest BCUT2D eigenvalue weighted by Gasteiger charge is 2.14. The van der Waals surface area contributed by atoms with E-state index in [2.05, 4.69) is 87.5 Å². The van der Waals surface area contributed by atoms with Crippen LogP contribution >= 0.6 is 0 Å². The van der Waals surface area contributed by atoms with Crippen LogP contribution in [0.25, 0.3) is 28.2 Å². The van der Waals surface area contributed by atoms with Gasteiger partial charge in [-0.3, -0.25) is 0 Å². The SMILES string of the molecule is CCc1cn2c(Cc3ccc(-c4ccccc4)c(-c4nn[nH]n4)c3)ccc(C)c2n1. The molecule has 0 aliphatic rings. The molecule has 148 valence electrons. The summed E-state index contributed by atoms with van der Waals surface area (Å²) in [6, 6.07) is 21.1. The number of tetrazole rings is 1. The van der Waals surface area contributed by atoms with Crippen molar-refractivity contribution in [2.45, 2.75) is 26.7 Å². The van der Waals surface area contributed by atoms with E-state index in [1.807, 2.05) is 18.2 Å². The van der Waals surface area contributed by atoms with Crippen LogP contribution in [0.3, 0.4) is 0 Å². The van der Waals surface area contributed by atoms with Crippen molar-refractivity contribution in [2.75, 3.05) is 0 Å². The van der Waals surface area contributed by atoms with E-state index in [1.165, 1.54) is 16.8 Å². The number of aromatic nitrogens is 6. The maximum absolute atomic E-state index is 4.78. The molecule has 0 atom stereocenters. The highest BCUT2D eigenvalue weighted by molar-refractivity contribution is 5.80. The van der Waals surface area contributed by atoms with E-state index in [-0.39, 0.29) is 0 Å². The zero-order valence-electron chi connectivity index (χ0n) is 17.0. The molecule has 0 aliphatic heterocycles. The van der Waals surface area contributed by atoms with Crippen molar-refractivity contribution in [2.24, 2.45) is 0 Å². The number of aromatic amines is 1. The number of nitrogens with zero attached hydrogens (tertiary/aromatic N) is 5. The van der Waals surface area contributed by atoms with E-state index in [1.54, 1.807) is 0 Å². The fraction of sp³-hybridized carbons (Fsp3) is 0.167. The third kappa shape index (κ3) is 3.26. The van der Waals surface area contributed by atoms with Crippen molar-refractivity contribution in [3.05, 3.63) is 89.4 Å². The Morgan fingerprint density at radius 1 is 0.967 bits per heavy atom. The number of pyridine rings is 1. The Kier molecular flexibility index (Phi) is 4.59. The zero-order valence-corrected chi connectivity index (χ0v) is 17.0. The summed E-state index contributed by atoms with van der Waals surface area (Å²) in [4.78, 5) is 4.78. The van der Waals surface area contributed by atoms with Gasteiger partial charge in [0.25, 0.3) is 0 Å². The highest BCUT2D eigenvalue weighted by atomic mass is 15.5. The van der Waals surface area contributed by atoms with Gasteiger partial charge in [-0.05, 0) is 52.9 Å². The Morgan fingerprint density at radius 2 is 1.83 bits per heavy atom. The summed E-state index contributed by atoms with van der Waals surface area (Å²) in [7, 11) is 0. The van der Waals surface area contributed by atoms with Crippen LogP contribution in [-0.4, -0.2) is 30.0 Å². The molecule has 0 spiro atoms. The van der Waals surface area contributed by atoms with E-state index >= 15 is 0 Å². The lowest BCUT2D eigenvalue weighted by atomic mass is 9.95. The Morgan fingerprint density at radius 3 is 2.60 bits per heavy atom. The molecule has 30 heavy (non-hydrogen) atoms. The molecule has 0 bridgehead atoms. The molecule has 3 aromatic heterocycles. The van der Waals surface area contributed by atoms with E-state index in [0.717, 1.165) is 40.9 Å². The standard InChI is InChI=1S/C24H22N6/c1-3-19-15-30-20(11-9-16(2)24(30)25-19)13-17-10-12-21(18-7-5-4-6-8-18)22(14-17)23-26-28-29-27-23/h4-12,14-15H,3,13H2,1-2H3,(H,26,27,28,29). The van der Waals surface area contributed by atoms with Gasteiger partial charge in [-0.1, -0.05) is 55.5 Å². The fourth-order valence-electron chi connectivity index (χ4n) is 3.86. The van der Waals surface area contributed by atoms with Gasteiger partial charge in [-0.15, -0.1) is 10.2 Å². The van der Waals surface area contributed by atoms with E-state index in [9.17, 15) is 0 Å². The lowest BCUT2D eigenvalue weighted by Crippen LogP contribution is -2.00. The van der Waals surface area contributed by atoms with Crippen LogP contribution in [0.4, 0.5) is 0 Å². The second-order valence-electron chi connectivity index (χ2n) is 7.45. The van der Waals surface area contributed by atoms with Gasteiger partial charge in [0.2, 0.25) is 5.82 Å². The second kappa shape index (κ2) is 7.55. The largest absolute Gasteiger partial charge is 0.303 e. The molecule has 0 radical (unpaired) electrons. The monoisotopic (exact) mass is 394 g/mol. The minimum absolute atomic E-state index is 0.598. The van der Waals surface area contributed by atoms with Crippen molar-refractivity contribution < 1.29 is 0 Å². The first-order chi connectivity index (χ1) is 14.7. The molecule has 0 amide bonds. The van der Waals surface area contributed by atoms with Crippen molar-refractivity contribution in [3.8, 4) is 22.5 Å². The molecule has 0 unspecified atom stereocenters. The summed E-state index contributed by atoms with van der Waals surface area (Å²) in [5, 5.41) is 14.8. The molecule has 5 aromatic rings. The van der Waals surface area contributed by atoms with E-state index in [0.29, 0.717) is 5.82 Å². The van der Waals surface area contributed by atoms with Gasteiger partial charge in [-0.2, -0.15) is 5.21 Å². The van der Waals surface area contributed by atoms with E-state index < -0.39 is 0 Å². The first kappa shape index (κ1) is 18.2. The molecule has 0 fully saturated rings. The molecule has 0 saturated carbocycles. The third-order valence-corrected chi connectivity index (χ3v) is 5.45. The summed E-state index contributed by atoms with van der Waals surface area (Å²) < 4.78 is 2.22. The van der Waals surface area contributed by atoms with Crippen molar-refractivity contribution in [1.29, 1.82) is 0 Å². The summed E-state index contributed by atoms with van der Waals surface area (Å²) in [5.74, 6) is 0.598. The van der Waals surface area contributed by atoms with Crippen molar-refractivity contribution in [3.63, 3.8) is 0 Å². The predicted octanol–water partition coefficient (Wildman–Crippen LogP) is 4.64. The first-order valence-electron chi connectivity index (χ1n) is 10.1. The van der Waals surface area contributed by atoms with Crippen LogP contribution in [0.15, 0.2) is 66.9 Å². The van der Waals surface area contributed by atoms with Crippen molar-refractivity contribution >= 4 is 5.65 Å². The average Bonchev–Trinajstić information content (AvgIpc) is 3.47. The second-order valence-corrected chi connectivity index (χ2v) is 7.45. The van der Waals surface area contributed by atoms with Gasteiger partial charge in [0.05, 0.1) is 5.69 Å². The molecular weight excluding hydrogens is 372 g/mol. The number of H-pyrrole nitrogens is 1. The molecule has 6 heteroatoms. The van der Waals surface area contributed by atoms with E-state index in [4.69, 9.17) is 4.98 Å². The van der Waals surface area contributed by atoms with Crippen LogP contribution in [0.5, 0.6) is 0 Å². The van der Waals surface area contributed by atoms with Gasteiger partial charge < -0.3 is 4.40 Å². The van der Waals surface area contributed by atoms with Gasteiger partial charge in [-0.25, -0.2) is 4.98 Å². The van der Waals surface area contributed by atoms with Crippen LogP contribution in [0, 0.1) is 6.92 Å². The number of rotatable bonds is 5. The molecule has 5 rings (SSSR count). The van der Waals surface area contributed by atoms with Crippen LogP contribution in [0.1, 0.15) is 29.4 Å². The molecular formula is C24H22N6. The number of fused-ring (bicyclic) bond motifs is 1. The Bertz CT molecular complexity index is 1300. The Hall–Kier alpha value is -3.80. The van der Waals surface area contributed by atoms with Crippen LogP contribution in [-0.2, 0) is 12.8 Å². The third-order valence-electron chi connectivity index (χ3n) is 5.45. The molecule has 0 aliphatic carbocycles. The fourth-order valence-corrected chi connectivity index (χ4v) is 3.86. The molecule has 3 heterocycles. The normalized spacial score (nSPS) is 11.3.